The summed E-state index contributed by atoms with van der Waals surface area (Å²) in [6, 6.07) is 9.13. The van der Waals surface area contributed by atoms with Gasteiger partial charge in [0, 0.05) is 6.20 Å². The predicted molar refractivity (Wildman–Crippen MR) is 72.6 cm³/mol. The van der Waals surface area contributed by atoms with Gasteiger partial charge in [-0.3, -0.25) is 5.10 Å². The van der Waals surface area contributed by atoms with E-state index in [1.165, 1.54) is 42.4 Å². The maximum atomic E-state index is 4.04. The number of nitrogens with one attached hydrogen (secondary N) is 2. The molecule has 0 bridgehead atoms. The van der Waals surface area contributed by atoms with Crippen molar-refractivity contribution in [1.29, 1.82) is 0 Å². The third-order valence-corrected chi connectivity index (χ3v) is 3.83. The zero-order valence-corrected chi connectivity index (χ0v) is 10.7. The summed E-state index contributed by atoms with van der Waals surface area (Å²) in [5.74, 6) is 0. The van der Waals surface area contributed by atoms with E-state index in [1.54, 1.807) is 6.20 Å². The minimum absolute atomic E-state index is 0.208. The van der Waals surface area contributed by atoms with E-state index < -0.39 is 0 Å². The number of hydrogen-bond donors (Lipinski definition) is 2. The Hall–Kier alpha value is -1.61. The van der Waals surface area contributed by atoms with E-state index in [0.717, 1.165) is 5.69 Å². The highest BCUT2D eigenvalue weighted by molar-refractivity contribution is 5.37. The van der Waals surface area contributed by atoms with Gasteiger partial charge in [0.2, 0.25) is 0 Å². The van der Waals surface area contributed by atoms with Crippen LogP contribution in [0, 0.1) is 0 Å². The van der Waals surface area contributed by atoms with Crippen molar-refractivity contribution < 1.29 is 0 Å². The van der Waals surface area contributed by atoms with Gasteiger partial charge in [-0.1, -0.05) is 18.2 Å². The SMILES string of the molecule is CNC(c1ccc2c(c1)CCCC2)c1ccn[nH]1. The molecule has 0 amide bonds. The molecule has 1 aliphatic rings. The Bertz CT molecular complexity index is 517. The Morgan fingerprint density at radius 3 is 2.72 bits per heavy atom. The Labute approximate surface area is 108 Å². The normalized spacial score (nSPS) is 16.3. The Morgan fingerprint density at radius 2 is 2.00 bits per heavy atom. The van der Waals surface area contributed by atoms with Crippen molar-refractivity contribution in [2.75, 3.05) is 7.05 Å². The monoisotopic (exact) mass is 241 g/mol. The molecule has 0 radical (unpaired) electrons. The number of H-pyrrole nitrogens is 1. The fourth-order valence-electron chi connectivity index (χ4n) is 2.86. The van der Waals surface area contributed by atoms with Crippen LogP contribution in [0.1, 0.15) is 41.3 Å². The van der Waals surface area contributed by atoms with Gasteiger partial charge in [0.1, 0.15) is 0 Å². The van der Waals surface area contributed by atoms with Crippen molar-refractivity contribution in [1.82, 2.24) is 15.5 Å². The van der Waals surface area contributed by atoms with Gasteiger partial charge in [-0.25, -0.2) is 0 Å². The van der Waals surface area contributed by atoms with Gasteiger partial charge >= 0.3 is 0 Å². The molecule has 1 atom stereocenters. The molecule has 2 N–H and O–H groups in total. The third-order valence-electron chi connectivity index (χ3n) is 3.83. The number of nitrogens with zero attached hydrogens (tertiary/aromatic N) is 1. The van der Waals surface area contributed by atoms with E-state index in [4.69, 9.17) is 0 Å². The first-order valence-electron chi connectivity index (χ1n) is 6.66. The van der Waals surface area contributed by atoms with Crippen LogP contribution in [0.15, 0.2) is 30.5 Å². The zero-order valence-electron chi connectivity index (χ0n) is 10.7. The van der Waals surface area contributed by atoms with Crippen LogP contribution in [0.4, 0.5) is 0 Å². The topological polar surface area (TPSA) is 40.7 Å². The van der Waals surface area contributed by atoms with Gasteiger partial charge in [-0.2, -0.15) is 5.10 Å². The van der Waals surface area contributed by atoms with E-state index >= 15 is 0 Å². The zero-order chi connectivity index (χ0) is 12.4. The molecule has 0 aliphatic heterocycles. The highest BCUT2D eigenvalue weighted by Crippen LogP contribution is 2.26. The van der Waals surface area contributed by atoms with Crippen LogP contribution in [0.5, 0.6) is 0 Å². The Kier molecular flexibility index (Phi) is 3.15. The van der Waals surface area contributed by atoms with E-state index in [-0.39, 0.29) is 6.04 Å². The summed E-state index contributed by atoms with van der Waals surface area (Å²) in [6.45, 7) is 0. The predicted octanol–water partition coefficient (Wildman–Crippen LogP) is 2.60. The fourth-order valence-corrected chi connectivity index (χ4v) is 2.86. The average Bonchev–Trinajstić information content (AvgIpc) is 2.93. The molecular weight excluding hydrogens is 222 g/mol. The molecule has 0 spiro atoms. The Morgan fingerprint density at radius 1 is 1.17 bits per heavy atom. The fraction of sp³-hybridized carbons (Fsp3) is 0.400. The highest BCUT2D eigenvalue weighted by Gasteiger charge is 2.16. The first-order valence-corrected chi connectivity index (χ1v) is 6.66. The molecule has 3 nitrogen and oxygen atoms in total. The summed E-state index contributed by atoms with van der Waals surface area (Å²) in [5.41, 5.74) is 5.50. The molecule has 1 unspecified atom stereocenters. The van der Waals surface area contributed by atoms with Gasteiger partial charge in [0.05, 0.1) is 11.7 Å². The molecule has 3 rings (SSSR count). The highest BCUT2D eigenvalue weighted by atomic mass is 15.1. The average molecular weight is 241 g/mol. The number of benzene rings is 1. The van der Waals surface area contributed by atoms with E-state index in [2.05, 4.69) is 33.7 Å². The lowest BCUT2D eigenvalue weighted by molar-refractivity contribution is 0.655. The van der Waals surface area contributed by atoms with Gasteiger partial charge in [0.15, 0.2) is 0 Å². The molecule has 1 aromatic heterocycles. The standard InChI is InChI=1S/C15H19N3/c1-16-15(14-8-9-17-18-14)13-7-6-11-4-2-3-5-12(11)10-13/h6-10,15-16H,2-5H2,1H3,(H,17,18). The minimum atomic E-state index is 0.208. The van der Waals surface area contributed by atoms with Gasteiger partial charge in [-0.05, 0) is 55.5 Å². The first kappa shape index (κ1) is 11.5. The number of aromatic amines is 1. The number of rotatable bonds is 3. The van der Waals surface area contributed by atoms with Crippen LogP contribution in [0.3, 0.4) is 0 Å². The van der Waals surface area contributed by atoms with Crippen molar-refractivity contribution in [3.8, 4) is 0 Å². The molecule has 94 valence electrons. The second-order valence-corrected chi connectivity index (χ2v) is 4.97. The molecule has 0 saturated carbocycles. The number of aryl methyl sites for hydroxylation is 2. The van der Waals surface area contributed by atoms with Crippen LogP contribution >= 0.6 is 0 Å². The second-order valence-electron chi connectivity index (χ2n) is 4.97. The lowest BCUT2D eigenvalue weighted by Crippen LogP contribution is -2.18. The molecular formula is C15H19N3. The third kappa shape index (κ3) is 2.06. The Balaban J connectivity index is 1.95. The van der Waals surface area contributed by atoms with Crippen molar-refractivity contribution in [2.24, 2.45) is 0 Å². The molecule has 3 heteroatoms. The van der Waals surface area contributed by atoms with Gasteiger partial charge < -0.3 is 5.32 Å². The van der Waals surface area contributed by atoms with Crippen LogP contribution in [0.2, 0.25) is 0 Å². The summed E-state index contributed by atoms with van der Waals surface area (Å²) in [7, 11) is 1.99. The van der Waals surface area contributed by atoms with Crippen molar-refractivity contribution >= 4 is 0 Å². The van der Waals surface area contributed by atoms with Crippen LogP contribution in [-0.2, 0) is 12.8 Å². The summed E-state index contributed by atoms with van der Waals surface area (Å²) < 4.78 is 0. The maximum absolute atomic E-state index is 4.04. The van der Waals surface area contributed by atoms with E-state index in [0.29, 0.717) is 0 Å². The molecule has 1 aliphatic carbocycles. The molecule has 2 aromatic rings. The largest absolute Gasteiger partial charge is 0.308 e. The van der Waals surface area contributed by atoms with Crippen LogP contribution < -0.4 is 5.32 Å². The number of hydrogen-bond acceptors (Lipinski definition) is 2. The summed E-state index contributed by atoms with van der Waals surface area (Å²) in [6.07, 6.45) is 6.93. The van der Waals surface area contributed by atoms with Crippen LogP contribution in [0.25, 0.3) is 0 Å². The molecule has 1 heterocycles. The minimum Gasteiger partial charge on any atom is -0.308 e. The lowest BCUT2D eigenvalue weighted by Gasteiger charge is -2.20. The van der Waals surface area contributed by atoms with Crippen LogP contribution in [-0.4, -0.2) is 17.2 Å². The first-order chi connectivity index (χ1) is 8.88. The summed E-state index contributed by atoms with van der Waals surface area (Å²) in [4.78, 5) is 0. The molecule has 0 saturated heterocycles. The van der Waals surface area contributed by atoms with Gasteiger partial charge in [-0.15, -0.1) is 0 Å². The van der Waals surface area contributed by atoms with Crippen molar-refractivity contribution in [3.05, 3.63) is 52.8 Å². The van der Waals surface area contributed by atoms with Gasteiger partial charge in [0.25, 0.3) is 0 Å². The molecule has 1 aromatic carbocycles. The number of aromatic nitrogens is 2. The summed E-state index contributed by atoms with van der Waals surface area (Å²) >= 11 is 0. The van der Waals surface area contributed by atoms with E-state index in [1.807, 2.05) is 13.1 Å². The van der Waals surface area contributed by atoms with Crippen molar-refractivity contribution in [3.63, 3.8) is 0 Å². The number of fused-ring (bicyclic) bond motifs is 1. The summed E-state index contributed by atoms with van der Waals surface area (Å²) in [5, 5.41) is 10.4. The lowest BCUT2D eigenvalue weighted by atomic mass is 9.89. The van der Waals surface area contributed by atoms with Crippen molar-refractivity contribution in [2.45, 2.75) is 31.7 Å². The molecule has 18 heavy (non-hydrogen) atoms. The smallest absolute Gasteiger partial charge is 0.0743 e. The maximum Gasteiger partial charge on any atom is 0.0743 e. The van der Waals surface area contributed by atoms with E-state index in [9.17, 15) is 0 Å². The quantitative estimate of drug-likeness (QED) is 0.867. The molecule has 0 fully saturated rings. The second kappa shape index (κ2) is 4.94.